The summed E-state index contributed by atoms with van der Waals surface area (Å²) in [6, 6.07) is 8.26. The van der Waals surface area contributed by atoms with Crippen LogP contribution in [0, 0.1) is 24.4 Å². The number of halogens is 3. The average molecular weight is 596 g/mol. The van der Waals surface area contributed by atoms with Crippen LogP contribution in [-0.2, 0) is 4.74 Å². The van der Waals surface area contributed by atoms with E-state index in [4.69, 9.17) is 4.74 Å². The number of rotatable bonds is 6. The number of ether oxygens (including phenoxy) is 1. The largest absolute Gasteiger partial charge is 0.395 e. The maximum Gasteiger partial charge on any atom is 0.194 e. The number of aliphatic hydroxyl groups is 4. The standard InChI is InChI=1S/C29H36F3N3O5S/c1-16-6-4-5-7-18(16)27(29(39)8-9-40-28(2,3)15-29)41-14-22(37)25(26(38)23(41)13-36)35-12-21(33-34-35)17-10-19(30)24(32)20(31)11-17/h4-7,10-12,22-23,25-27,36-39,41H,8-9,13-15H2,1-3H3/t22-,23+,25-,26-,27+,29+/m0/s1. The van der Waals surface area contributed by atoms with Gasteiger partial charge in [0.2, 0.25) is 0 Å². The zero-order valence-corrected chi connectivity index (χ0v) is 24.0. The molecule has 0 radical (unpaired) electrons. The quantitative estimate of drug-likeness (QED) is 0.219. The van der Waals surface area contributed by atoms with Crippen LogP contribution >= 0.6 is 10.9 Å². The van der Waals surface area contributed by atoms with Crippen molar-refractivity contribution in [2.24, 2.45) is 0 Å². The maximum atomic E-state index is 13.8. The molecule has 0 bridgehead atoms. The van der Waals surface area contributed by atoms with Crippen LogP contribution in [0.4, 0.5) is 13.2 Å². The maximum absolute atomic E-state index is 13.8. The summed E-state index contributed by atoms with van der Waals surface area (Å²) in [6.45, 7) is 5.75. The van der Waals surface area contributed by atoms with E-state index in [-0.39, 0.29) is 17.0 Å². The summed E-state index contributed by atoms with van der Waals surface area (Å²) >= 11 is 0. The minimum Gasteiger partial charge on any atom is -0.395 e. The van der Waals surface area contributed by atoms with Crippen molar-refractivity contribution in [2.75, 3.05) is 19.0 Å². The first-order chi connectivity index (χ1) is 19.3. The van der Waals surface area contributed by atoms with E-state index in [9.17, 15) is 33.6 Å². The Morgan fingerprint density at radius 3 is 2.46 bits per heavy atom. The number of aryl methyl sites for hydroxylation is 1. The van der Waals surface area contributed by atoms with Gasteiger partial charge in [-0.2, -0.15) is 0 Å². The second kappa shape index (κ2) is 11.3. The second-order valence-electron chi connectivity index (χ2n) is 11.7. The van der Waals surface area contributed by atoms with Crippen molar-refractivity contribution in [1.82, 2.24) is 15.0 Å². The van der Waals surface area contributed by atoms with Gasteiger partial charge in [-0.1, -0.05) is 29.5 Å². The third-order valence-corrected chi connectivity index (χ3v) is 11.9. The van der Waals surface area contributed by atoms with Gasteiger partial charge in [0, 0.05) is 34.7 Å². The van der Waals surface area contributed by atoms with Crippen LogP contribution in [0.1, 0.15) is 49.1 Å². The van der Waals surface area contributed by atoms with E-state index in [0.29, 0.717) is 19.4 Å². The molecular formula is C29H36F3N3O5S. The summed E-state index contributed by atoms with van der Waals surface area (Å²) in [5, 5.41) is 52.6. The van der Waals surface area contributed by atoms with Crippen molar-refractivity contribution < 1.29 is 38.3 Å². The zero-order chi connectivity index (χ0) is 29.7. The molecule has 2 fully saturated rings. The molecule has 12 heteroatoms. The van der Waals surface area contributed by atoms with E-state index >= 15 is 0 Å². The molecule has 41 heavy (non-hydrogen) atoms. The second-order valence-corrected chi connectivity index (χ2v) is 14.3. The van der Waals surface area contributed by atoms with Crippen LogP contribution in [0.2, 0.25) is 0 Å². The first kappa shape index (κ1) is 30.0. The van der Waals surface area contributed by atoms with Gasteiger partial charge >= 0.3 is 0 Å². The molecule has 0 aliphatic carbocycles. The lowest BCUT2D eigenvalue weighted by atomic mass is 9.79. The third-order valence-electron chi connectivity index (χ3n) is 8.33. The molecule has 4 N–H and O–H groups in total. The van der Waals surface area contributed by atoms with Gasteiger partial charge in [-0.15, -0.1) is 5.10 Å². The molecule has 2 aliphatic heterocycles. The lowest BCUT2D eigenvalue weighted by molar-refractivity contribution is -0.145. The molecule has 1 aromatic heterocycles. The summed E-state index contributed by atoms with van der Waals surface area (Å²) < 4.78 is 48.2. The first-order valence-corrected chi connectivity index (χ1v) is 15.2. The Balaban J connectivity index is 1.51. The van der Waals surface area contributed by atoms with Crippen LogP contribution in [0.3, 0.4) is 0 Å². The predicted molar refractivity (Wildman–Crippen MR) is 149 cm³/mol. The van der Waals surface area contributed by atoms with Gasteiger partial charge in [-0.05, 0) is 44.0 Å². The van der Waals surface area contributed by atoms with Gasteiger partial charge in [0.15, 0.2) is 17.5 Å². The molecular weight excluding hydrogens is 559 g/mol. The number of benzene rings is 2. The minimum atomic E-state index is -1.60. The molecule has 1 unspecified atom stereocenters. The minimum absolute atomic E-state index is 0.0205. The van der Waals surface area contributed by atoms with Crippen LogP contribution in [0.25, 0.3) is 11.3 Å². The van der Waals surface area contributed by atoms with E-state index in [1.807, 2.05) is 45.0 Å². The normalized spacial score (nSPS) is 31.6. The molecule has 0 amide bonds. The van der Waals surface area contributed by atoms with Gasteiger partial charge in [0.25, 0.3) is 0 Å². The summed E-state index contributed by atoms with van der Waals surface area (Å²) in [5.41, 5.74) is 0.0172. The molecule has 3 aromatic rings. The van der Waals surface area contributed by atoms with Crippen molar-refractivity contribution in [3.8, 4) is 11.3 Å². The van der Waals surface area contributed by atoms with E-state index in [2.05, 4.69) is 10.3 Å². The fourth-order valence-electron chi connectivity index (χ4n) is 6.50. The Hall–Kier alpha value is -2.48. The highest BCUT2D eigenvalue weighted by atomic mass is 32.2. The fraction of sp³-hybridized carbons (Fsp3) is 0.517. The Kier molecular flexibility index (Phi) is 8.27. The predicted octanol–water partition coefficient (Wildman–Crippen LogP) is 3.37. The molecule has 8 nitrogen and oxygen atoms in total. The first-order valence-electron chi connectivity index (χ1n) is 13.6. The Bertz CT molecular complexity index is 1380. The van der Waals surface area contributed by atoms with Crippen molar-refractivity contribution in [3.63, 3.8) is 0 Å². The van der Waals surface area contributed by atoms with Crippen molar-refractivity contribution in [2.45, 2.75) is 73.6 Å². The van der Waals surface area contributed by atoms with Crippen LogP contribution in [0.15, 0.2) is 42.6 Å². The van der Waals surface area contributed by atoms with E-state index < -0.39 is 74.9 Å². The number of aromatic nitrogens is 3. The average Bonchev–Trinajstić information content (AvgIpc) is 3.37. The molecule has 2 saturated heterocycles. The summed E-state index contributed by atoms with van der Waals surface area (Å²) in [5.74, 6) is -4.18. The van der Waals surface area contributed by atoms with E-state index in [1.165, 1.54) is 10.9 Å². The number of hydrogen-bond acceptors (Lipinski definition) is 7. The highest BCUT2D eigenvalue weighted by Crippen LogP contribution is 2.60. The summed E-state index contributed by atoms with van der Waals surface area (Å²) in [7, 11) is -1.41. The summed E-state index contributed by atoms with van der Waals surface area (Å²) in [6.07, 6.45) is -0.409. The Labute approximate surface area is 239 Å². The van der Waals surface area contributed by atoms with Gasteiger partial charge in [-0.3, -0.25) is 0 Å². The molecule has 0 spiro atoms. The van der Waals surface area contributed by atoms with Crippen molar-refractivity contribution in [1.29, 1.82) is 0 Å². The molecule has 2 aromatic carbocycles. The molecule has 5 rings (SSSR count). The topological polar surface area (TPSA) is 121 Å². The molecule has 2 aliphatic rings. The van der Waals surface area contributed by atoms with Crippen molar-refractivity contribution in [3.05, 3.63) is 71.2 Å². The number of hydrogen-bond donors (Lipinski definition) is 5. The molecule has 0 saturated carbocycles. The Morgan fingerprint density at radius 1 is 1.15 bits per heavy atom. The molecule has 3 heterocycles. The molecule has 7 atom stereocenters. The fourth-order valence-corrected chi connectivity index (χ4v) is 10.3. The van der Waals surface area contributed by atoms with Gasteiger partial charge in [0.05, 0.1) is 42.8 Å². The van der Waals surface area contributed by atoms with Crippen LogP contribution in [-0.4, -0.2) is 83.0 Å². The lowest BCUT2D eigenvalue weighted by Crippen LogP contribution is -2.55. The summed E-state index contributed by atoms with van der Waals surface area (Å²) in [4.78, 5) is 0. The lowest BCUT2D eigenvalue weighted by Gasteiger charge is -2.54. The van der Waals surface area contributed by atoms with E-state index in [0.717, 1.165) is 23.3 Å². The van der Waals surface area contributed by atoms with Crippen LogP contribution < -0.4 is 0 Å². The van der Waals surface area contributed by atoms with Crippen LogP contribution in [0.5, 0.6) is 0 Å². The van der Waals surface area contributed by atoms with Gasteiger partial charge in [-0.25, -0.2) is 28.7 Å². The monoisotopic (exact) mass is 595 g/mol. The number of thiol groups is 1. The Morgan fingerprint density at radius 2 is 1.83 bits per heavy atom. The highest BCUT2D eigenvalue weighted by molar-refractivity contribution is 8.18. The molecule has 224 valence electrons. The third kappa shape index (κ3) is 5.65. The zero-order valence-electron chi connectivity index (χ0n) is 23.1. The number of nitrogens with zero attached hydrogens (tertiary/aromatic N) is 3. The van der Waals surface area contributed by atoms with Crippen molar-refractivity contribution >= 4 is 10.9 Å². The van der Waals surface area contributed by atoms with E-state index in [1.54, 1.807) is 0 Å². The van der Waals surface area contributed by atoms with Gasteiger partial charge in [0.1, 0.15) is 11.7 Å². The SMILES string of the molecule is Cc1ccccc1[C@@H]([SH]1C[C@H](O)[C@H](n2cc(-c3cc(F)c(F)c(F)c3)nn2)[C@@H](O)[C@H]1CO)[C@@]1(O)CCOC(C)(C)C1. The van der Waals surface area contributed by atoms with Gasteiger partial charge < -0.3 is 25.2 Å². The number of aliphatic hydroxyl groups excluding tert-OH is 3. The highest BCUT2D eigenvalue weighted by Gasteiger charge is 2.53. The smallest absolute Gasteiger partial charge is 0.194 e.